The second kappa shape index (κ2) is 12.6. The molecule has 1 atom stereocenters. The Bertz CT molecular complexity index is 3390. The van der Waals surface area contributed by atoms with E-state index in [4.69, 9.17) is 4.42 Å². The third-order valence-electron chi connectivity index (χ3n) is 13.0. The molecule has 0 amide bonds. The third-order valence-corrected chi connectivity index (χ3v) is 13.0. The number of rotatable bonds is 5. The van der Waals surface area contributed by atoms with Crippen molar-refractivity contribution in [3.05, 3.63) is 241 Å². The molecule has 9 aromatic carbocycles. The Balaban J connectivity index is 0.991. The molecule has 0 saturated heterocycles. The second-order valence-corrected chi connectivity index (χ2v) is 16.0. The first-order valence-electron chi connectivity index (χ1n) is 20.7. The van der Waals surface area contributed by atoms with Gasteiger partial charge in [-0.1, -0.05) is 146 Å². The smallest absolute Gasteiger partial charge is 0.135 e. The summed E-state index contributed by atoms with van der Waals surface area (Å²) in [6.07, 6.45) is 0. The number of fused-ring (bicyclic) bond motifs is 15. The molecular formula is C57H36N2O. The van der Waals surface area contributed by atoms with Gasteiger partial charge < -0.3 is 13.9 Å². The Morgan fingerprint density at radius 3 is 1.65 bits per heavy atom. The monoisotopic (exact) mass is 764 g/mol. The van der Waals surface area contributed by atoms with Crippen LogP contribution in [0, 0.1) is 0 Å². The summed E-state index contributed by atoms with van der Waals surface area (Å²) in [5.74, 6) is 0.997. The fraction of sp³-hybridized carbons (Fsp3) is 0.0175. The van der Waals surface area contributed by atoms with Crippen molar-refractivity contribution in [2.24, 2.45) is 0 Å². The lowest BCUT2D eigenvalue weighted by Gasteiger charge is -2.29. The summed E-state index contributed by atoms with van der Waals surface area (Å²) in [6.45, 7) is 0. The molecule has 13 rings (SSSR count). The van der Waals surface area contributed by atoms with E-state index >= 15 is 0 Å². The van der Waals surface area contributed by atoms with Crippen LogP contribution >= 0.6 is 0 Å². The minimum Gasteiger partial charge on any atom is -0.459 e. The molecule has 0 radical (unpaired) electrons. The molecule has 2 aliphatic rings. The normalized spacial score (nSPS) is 14.7. The standard InChI is InChI=1S/C57H36N2O/c1-3-15-39(16-4-1)58(40-17-5-2-6-18-40)42-32-34-51-48(36-42)55-46-22-10-14-26-54(46)60-56(55)57(51)49-23-11-7-19-43(49)47-35-38(29-33-50(47)57)37-27-30-41(31-28-37)59-52-24-12-8-20-44(52)45-21-9-13-25-53(45)59/h1-36H. The molecule has 0 saturated carbocycles. The summed E-state index contributed by atoms with van der Waals surface area (Å²) >= 11 is 0. The van der Waals surface area contributed by atoms with Gasteiger partial charge in [-0.25, -0.2) is 0 Å². The summed E-state index contributed by atoms with van der Waals surface area (Å²) in [5, 5.41) is 3.68. The van der Waals surface area contributed by atoms with Gasteiger partial charge in [0, 0.05) is 44.5 Å². The zero-order valence-electron chi connectivity index (χ0n) is 32.6. The third kappa shape index (κ3) is 4.49. The quantitative estimate of drug-likeness (QED) is 0.174. The summed E-state index contributed by atoms with van der Waals surface area (Å²) in [4.78, 5) is 2.35. The van der Waals surface area contributed by atoms with Crippen LogP contribution in [0.15, 0.2) is 223 Å². The van der Waals surface area contributed by atoms with Crippen LogP contribution < -0.4 is 4.90 Å². The van der Waals surface area contributed by atoms with E-state index in [2.05, 4.69) is 228 Å². The molecule has 1 unspecified atom stereocenters. The second-order valence-electron chi connectivity index (χ2n) is 16.0. The van der Waals surface area contributed by atoms with E-state index in [1.54, 1.807) is 0 Å². The van der Waals surface area contributed by atoms with Crippen molar-refractivity contribution in [3.8, 4) is 39.1 Å². The molecule has 0 N–H and O–H groups in total. The van der Waals surface area contributed by atoms with E-state index in [-0.39, 0.29) is 0 Å². The Kier molecular flexibility index (Phi) is 6.93. The van der Waals surface area contributed by atoms with Gasteiger partial charge in [-0.3, -0.25) is 0 Å². The number of para-hydroxylation sites is 5. The summed E-state index contributed by atoms with van der Waals surface area (Å²) in [6, 6.07) is 79.3. The Labute approximate surface area is 347 Å². The van der Waals surface area contributed by atoms with Crippen molar-refractivity contribution in [3.63, 3.8) is 0 Å². The van der Waals surface area contributed by atoms with Crippen LogP contribution in [0.25, 0.3) is 71.8 Å². The molecule has 0 fully saturated rings. The lowest BCUT2D eigenvalue weighted by Crippen LogP contribution is -2.25. The molecule has 3 nitrogen and oxygen atoms in total. The van der Waals surface area contributed by atoms with Gasteiger partial charge in [-0.05, 0) is 117 Å². The van der Waals surface area contributed by atoms with Gasteiger partial charge in [0.1, 0.15) is 16.8 Å². The van der Waals surface area contributed by atoms with Gasteiger partial charge in [0.15, 0.2) is 0 Å². The number of aromatic nitrogens is 1. The van der Waals surface area contributed by atoms with Gasteiger partial charge in [0.2, 0.25) is 0 Å². The number of hydrogen-bond donors (Lipinski definition) is 0. The topological polar surface area (TPSA) is 21.3 Å². The SMILES string of the molecule is c1ccc(N(c2ccccc2)c2ccc3c(c2)-c2c(oc4ccccc24)C32c3ccccc3-c3cc(-c4ccc(-n5c6ccccc6c6ccccc65)cc4)ccc32)cc1. The zero-order chi connectivity index (χ0) is 39.4. The maximum absolute atomic E-state index is 7.12. The molecule has 0 aliphatic heterocycles. The first-order chi connectivity index (χ1) is 29.8. The average Bonchev–Trinajstić information content (AvgIpc) is 4.03. The summed E-state index contributed by atoms with van der Waals surface area (Å²) in [7, 11) is 0. The van der Waals surface area contributed by atoms with Crippen LogP contribution in [0.2, 0.25) is 0 Å². The van der Waals surface area contributed by atoms with Crippen molar-refractivity contribution >= 4 is 49.8 Å². The molecule has 60 heavy (non-hydrogen) atoms. The van der Waals surface area contributed by atoms with Crippen LogP contribution in [-0.2, 0) is 5.41 Å². The molecular weight excluding hydrogens is 729 g/mol. The van der Waals surface area contributed by atoms with Gasteiger partial charge in [-0.2, -0.15) is 0 Å². The first-order valence-corrected chi connectivity index (χ1v) is 20.7. The van der Waals surface area contributed by atoms with Gasteiger partial charge in [-0.15, -0.1) is 0 Å². The maximum Gasteiger partial charge on any atom is 0.135 e. The zero-order valence-corrected chi connectivity index (χ0v) is 32.6. The van der Waals surface area contributed by atoms with Crippen molar-refractivity contribution in [2.45, 2.75) is 5.41 Å². The highest BCUT2D eigenvalue weighted by atomic mass is 16.3. The highest BCUT2D eigenvalue weighted by Crippen LogP contribution is 2.65. The number of hydrogen-bond acceptors (Lipinski definition) is 2. The van der Waals surface area contributed by atoms with Crippen molar-refractivity contribution < 1.29 is 4.42 Å². The molecule has 0 bridgehead atoms. The molecule has 2 aliphatic carbocycles. The fourth-order valence-corrected chi connectivity index (χ4v) is 10.5. The highest BCUT2D eigenvalue weighted by molar-refractivity contribution is 6.09. The Hall–Kier alpha value is -7.88. The number of furan rings is 1. The van der Waals surface area contributed by atoms with Crippen LogP contribution in [-0.4, -0.2) is 4.57 Å². The minimum atomic E-state index is -0.614. The van der Waals surface area contributed by atoms with Crippen LogP contribution in [0.4, 0.5) is 17.1 Å². The van der Waals surface area contributed by atoms with Gasteiger partial charge in [0.05, 0.1) is 11.0 Å². The van der Waals surface area contributed by atoms with Crippen LogP contribution in [0.5, 0.6) is 0 Å². The van der Waals surface area contributed by atoms with Crippen molar-refractivity contribution in [1.82, 2.24) is 4.57 Å². The lowest BCUT2D eigenvalue weighted by atomic mass is 9.73. The number of anilines is 3. The molecule has 2 heterocycles. The molecule has 11 aromatic rings. The molecule has 280 valence electrons. The summed E-state index contributed by atoms with van der Waals surface area (Å²) < 4.78 is 9.50. The average molecular weight is 765 g/mol. The molecule has 2 aromatic heterocycles. The van der Waals surface area contributed by atoms with E-state index in [1.165, 1.54) is 71.9 Å². The fourth-order valence-electron chi connectivity index (χ4n) is 10.5. The Morgan fingerprint density at radius 2 is 0.933 bits per heavy atom. The van der Waals surface area contributed by atoms with Gasteiger partial charge in [0.25, 0.3) is 0 Å². The molecule has 3 heteroatoms. The minimum absolute atomic E-state index is 0.614. The maximum atomic E-state index is 7.12. The van der Waals surface area contributed by atoms with Crippen LogP contribution in [0.3, 0.4) is 0 Å². The highest BCUT2D eigenvalue weighted by Gasteiger charge is 2.55. The van der Waals surface area contributed by atoms with E-state index < -0.39 is 5.41 Å². The summed E-state index contributed by atoms with van der Waals surface area (Å²) in [5.41, 5.74) is 18.2. The predicted molar refractivity (Wildman–Crippen MR) is 247 cm³/mol. The first kappa shape index (κ1) is 33.1. The Morgan fingerprint density at radius 1 is 0.383 bits per heavy atom. The predicted octanol–water partition coefficient (Wildman–Crippen LogP) is 15.0. The van der Waals surface area contributed by atoms with Gasteiger partial charge >= 0.3 is 0 Å². The lowest BCUT2D eigenvalue weighted by molar-refractivity contribution is 0.507. The van der Waals surface area contributed by atoms with Crippen molar-refractivity contribution in [2.75, 3.05) is 4.90 Å². The van der Waals surface area contributed by atoms with E-state index in [0.29, 0.717) is 0 Å². The molecule has 1 spiro atoms. The van der Waals surface area contributed by atoms with Crippen molar-refractivity contribution in [1.29, 1.82) is 0 Å². The van der Waals surface area contributed by atoms with E-state index in [1.807, 2.05) is 0 Å². The van der Waals surface area contributed by atoms with Crippen LogP contribution in [0.1, 0.15) is 22.5 Å². The number of benzene rings is 9. The van der Waals surface area contributed by atoms with E-state index in [0.717, 1.165) is 39.5 Å². The van der Waals surface area contributed by atoms with E-state index in [9.17, 15) is 0 Å². The largest absolute Gasteiger partial charge is 0.459 e. The number of nitrogens with zero attached hydrogens (tertiary/aromatic N) is 2.